The summed E-state index contributed by atoms with van der Waals surface area (Å²) >= 11 is 0. The molecule has 0 unspecified atom stereocenters. The highest BCUT2D eigenvalue weighted by Crippen LogP contribution is 2.22. The quantitative estimate of drug-likeness (QED) is 0.746. The first-order chi connectivity index (χ1) is 9.42. The van der Waals surface area contributed by atoms with Crippen molar-refractivity contribution in [2.45, 2.75) is 25.3 Å². The number of amides is 3. The van der Waals surface area contributed by atoms with Crippen LogP contribution in [-0.4, -0.2) is 34.9 Å². The molecule has 2 rings (SSSR count). The normalized spacial score (nSPS) is 21.9. The average molecular weight is 275 g/mol. The number of nitrogens with one attached hydrogen (secondary N) is 1. The van der Waals surface area contributed by atoms with Gasteiger partial charge in [-0.3, -0.25) is 9.69 Å². The Labute approximate surface area is 116 Å². The van der Waals surface area contributed by atoms with Crippen LogP contribution in [-0.2, 0) is 16.0 Å². The second-order valence-electron chi connectivity index (χ2n) is 5.01. The van der Waals surface area contributed by atoms with Gasteiger partial charge in [0.2, 0.25) is 0 Å². The van der Waals surface area contributed by atoms with Gasteiger partial charge in [-0.05, 0) is 25.3 Å². The fraction of sp³-hybridized carbons (Fsp3) is 0.357. The van der Waals surface area contributed by atoms with Crippen LogP contribution in [0.15, 0.2) is 30.3 Å². The topological polar surface area (TPSA) is 89.5 Å². The number of carbonyl (C=O) groups is 3. The molecule has 1 aromatic rings. The number of benzene rings is 1. The lowest BCUT2D eigenvalue weighted by Crippen LogP contribution is -2.45. The van der Waals surface area contributed by atoms with Crippen LogP contribution in [0.1, 0.15) is 18.9 Å². The number of urea groups is 1. The summed E-state index contributed by atoms with van der Waals surface area (Å²) in [6.45, 7) is 0.886. The standard InChI is InChI=1S/C14H16N2O4/c1-14(8-7-10-5-3-2-4-6-10)12(19)16(9-11(17)18)13(20)15-14/h2-6H,7-9H2,1H3,(H,15,20)(H,17,18)/p-1/t14-/m0/s1. The number of carboxylic acids is 1. The summed E-state index contributed by atoms with van der Waals surface area (Å²) in [5.41, 5.74) is -0.0170. The SMILES string of the molecule is C[C@@]1(CCc2ccccc2)NC(=O)N(CC(=O)[O-])C1=O. The zero-order valence-corrected chi connectivity index (χ0v) is 11.1. The number of rotatable bonds is 5. The van der Waals surface area contributed by atoms with Crippen LogP contribution < -0.4 is 10.4 Å². The third-order valence-corrected chi connectivity index (χ3v) is 3.39. The van der Waals surface area contributed by atoms with Gasteiger partial charge in [0.1, 0.15) is 5.54 Å². The second-order valence-corrected chi connectivity index (χ2v) is 5.01. The van der Waals surface area contributed by atoms with Crippen LogP contribution >= 0.6 is 0 Å². The molecule has 1 atom stereocenters. The summed E-state index contributed by atoms with van der Waals surface area (Å²) in [6, 6.07) is 8.88. The van der Waals surface area contributed by atoms with Gasteiger partial charge in [-0.1, -0.05) is 30.3 Å². The minimum Gasteiger partial charge on any atom is -0.548 e. The molecule has 0 aliphatic carbocycles. The number of aliphatic carboxylic acids is 1. The highest BCUT2D eigenvalue weighted by Gasteiger charge is 2.47. The Morgan fingerprint density at radius 2 is 1.95 bits per heavy atom. The number of hydrogen-bond acceptors (Lipinski definition) is 4. The number of nitrogens with zero attached hydrogens (tertiary/aromatic N) is 1. The van der Waals surface area contributed by atoms with E-state index in [9.17, 15) is 19.5 Å². The van der Waals surface area contributed by atoms with E-state index in [0.29, 0.717) is 17.7 Å². The Kier molecular flexibility index (Phi) is 3.74. The number of carbonyl (C=O) groups excluding carboxylic acids is 3. The molecule has 1 saturated heterocycles. The monoisotopic (exact) mass is 275 g/mol. The highest BCUT2D eigenvalue weighted by molar-refractivity contribution is 6.08. The summed E-state index contributed by atoms with van der Waals surface area (Å²) in [5.74, 6) is -1.98. The molecule has 0 aromatic heterocycles. The summed E-state index contributed by atoms with van der Waals surface area (Å²) in [5, 5.41) is 13.1. The molecular formula is C14H15N2O4-. The molecule has 6 heteroatoms. The van der Waals surface area contributed by atoms with Gasteiger partial charge in [-0.25, -0.2) is 4.79 Å². The molecule has 6 nitrogen and oxygen atoms in total. The lowest BCUT2D eigenvalue weighted by Gasteiger charge is -2.21. The van der Waals surface area contributed by atoms with E-state index in [0.717, 1.165) is 5.56 Å². The van der Waals surface area contributed by atoms with Crippen molar-refractivity contribution in [3.63, 3.8) is 0 Å². The molecular weight excluding hydrogens is 260 g/mol. The molecule has 1 aliphatic rings. The predicted octanol–water partition coefficient (Wildman–Crippen LogP) is -0.320. The van der Waals surface area contributed by atoms with Gasteiger partial charge in [-0.15, -0.1) is 0 Å². The lowest BCUT2D eigenvalue weighted by molar-refractivity contribution is -0.305. The molecule has 1 heterocycles. The van der Waals surface area contributed by atoms with Crippen LogP contribution in [0.5, 0.6) is 0 Å². The Hall–Kier alpha value is -2.37. The summed E-state index contributed by atoms with van der Waals surface area (Å²) in [7, 11) is 0. The highest BCUT2D eigenvalue weighted by atomic mass is 16.4. The second kappa shape index (κ2) is 5.32. The van der Waals surface area contributed by atoms with E-state index in [1.807, 2.05) is 30.3 Å². The third-order valence-electron chi connectivity index (χ3n) is 3.39. The lowest BCUT2D eigenvalue weighted by atomic mass is 9.93. The van der Waals surface area contributed by atoms with Gasteiger partial charge >= 0.3 is 6.03 Å². The maximum Gasteiger partial charge on any atom is 0.325 e. The van der Waals surface area contributed by atoms with Crippen molar-refractivity contribution < 1.29 is 19.5 Å². The van der Waals surface area contributed by atoms with Crippen LogP contribution in [0.2, 0.25) is 0 Å². The van der Waals surface area contributed by atoms with Crippen molar-refractivity contribution in [2.24, 2.45) is 0 Å². The van der Waals surface area contributed by atoms with Crippen molar-refractivity contribution >= 4 is 17.9 Å². The molecule has 3 amide bonds. The van der Waals surface area contributed by atoms with Crippen LogP contribution in [0.25, 0.3) is 0 Å². The maximum atomic E-state index is 12.1. The first kappa shape index (κ1) is 14.0. The molecule has 0 saturated carbocycles. The summed E-state index contributed by atoms with van der Waals surface area (Å²) in [6.07, 6.45) is 1.02. The van der Waals surface area contributed by atoms with Gasteiger partial charge in [0.05, 0.1) is 12.5 Å². The minimum atomic E-state index is -1.46. The molecule has 106 valence electrons. The summed E-state index contributed by atoms with van der Waals surface area (Å²) in [4.78, 5) is 35.0. The number of imide groups is 1. The van der Waals surface area contributed by atoms with E-state index in [1.165, 1.54) is 0 Å². The number of hydrogen-bond donors (Lipinski definition) is 1. The Bertz CT molecular complexity index is 543. The summed E-state index contributed by atoms with van der Waals surface area (Å²) < 4.78 is 0. The zero-order chi connectivity index (χ0) is 14.8. The number of carboxylic acid groups (broad SMARTS) is 1. The van der Waals surface area contributed by atoms with Crippen molar-refractivity contribution in [2.75, 3.05) is 6.54 Å². The molecule has 0 spiro atoms. The van der Waals surface area contributed by atoms with Gasteiger partial charge < -0.3 is 15.2 Å². The van der Waals surface area contributed by atoms with Gasteiger partial charge in [0.25, 0.3) is 5.91 Å². The van der Waals surface area contributed by atoms with Gasteiger partial charge in [0.15, 0.2) is 0 Å². The Morgan fingerprint density at radius 1 is 1.30 bits per heavy atom. The van der Waals surface area contributed by atoms with E-state index < -0.39 is 30.0 Å². The van der Waals surface area contributed by atoms with E-state index in [1.54, 1.807) is 6.92 Å². The first-order valence-corrected chi connectivity index (χ1v) is 6.30. The van der Waals surface area contributed by atoms with Crippen molar-refractivity contribution in [3.05, 3.63) is 35.9 Å². The maximum absolute atomic E-state index is 12.1. The van der Waals surface area contributed by atoms with Gasteiger partial charge in [0, 0.05) is 0 Å². The average Bonchev–Trinajstić information content (AvgIpc) is 2.62. The smallest absolute Gasteiger partial charge is 0.325 e. The fourth-order valence-corrected chi connectivity index (χ4v) is 2.23. The van der Waals surface area contributed by atoms with E-state index >= 15 is 0 Å². The third kappa shape index (κ3) is 2.79. The van der Waals surface area contributed by atoms with Crippen molar-refractivity contribution in [3.8, 4) is 0 Å². The molecule has 1 aliphatic heterocycles. The molecule has 0 radical (unpaired) electrons. The predicted molar refractivity (Wildman–Crippen MR) is 68.4 cm³/mol. The van der Waals surface area contributed by atoms with Crippen molar-refractivity contribution in [1.29, 1.82) is 0 Å². The first-order valence-electron chi connectivity index (χ1n) is 6.30. The van der Waals surface area contributed by atoms with Gasteiger partial charge in [-0.2, -0.15) is 0 Å². The molecule has 0 bridgehead atoms. The fourth-order valence-electron chi connectivity index (χ4n) is 2.23. The molecule has 1 N–H and O–H groups in total. The Balaban J connectivity index is 2.05. The van der Waals surface area contributed by atoms with E-state index in [4.69, 9.17) is 0 Å². The molecule has 1 aromatic carbocycles. The van der Waals surface area contributed by atoms with E-state index in [2.05, 4.69) is 5.32 Å². The largest absolute Gasteiger partial charge is 0.548 e. The zero-order valence-electron chi connectivity index (χ0n) is 11.1. The number of aryl methyl sites for hydroxylation is 1. The van der Waals surface area contributed by atoms with Crippen molar-refractivity contribution in [1.82, 2.24) is 10.2 Å². The molecule has 20 heavy (non-hydrogen) atoms. The Morgan fingerprint density at radius 3 is 2.55 bits per heavy atom. The minimum absolute atomic E-state index is 0.408. The van der Waals surface area contributed by atoms with Crippen LogP contribution in [0, 0.1) is 0 Å². The molecule has 1 fully saturated rings. The van der Waals surface area contributed by atoms with E-state index in [-0.39, 0.29) is 0 Å². The van der Waals surface area contributed by atoms with Crippen LogP contribution in [0.4, 0.5) is 4.79 Å². The van der Waals surface area contributed by atoms with Crippen LogP contribution in [0.3, 0.4) is 0 Å².